The quantitative estimate of drug-likeness (QED) is 0.730. The zero-order valence-electron chi connectivity index (χ0n) is 8.92. The van der Waals surface area contributed by atoms with Crippen LogP contribution < -0.4 is 5.32 Å². The maximum Gasteiger partial charge on any atom is 0.107 e. The molecular formula is C11H18N2S. The molecule has 1 atom stereocenters. The van der Waals surface area contributed by atoms with E-state index in [9.17, 15) is 0 Å². The van der Waals surface area contributed by atoms with Crippen molar-refractivity contribution >= 4 is 11.3 Å². The summed E-state index contributed by atoms with van der Waals surface area (Å²) in [4.78, 5) is 5.58. The van der Waals surface area contributed by atoms with Crippen LogP contribution in [0.5, 0.6) is 0 Å². The third-order valence-electron chi connectivity index (χ3n) is 2.07. The topological polar surface area (TPSA) is 24.9 Å². The fourth-order valence-electron chi connectivity index (χ4n) is 1.21. The summed E-state index contributed by atoms with van der Waals surface area (Å²) in [6.07, 6.45) is 6.11. The van der Waals surface area contributed by atoms with Gasteiger partial charge in [0.2, 0.25) is 0 Å². The minimum Gasteiger partial charge on any atom is -0.308 e. The van der Waals surface area contributed by atoms with Gasteiger partial charge in [0.1, 0.15) is 5.01 Å². The molecule has 14 heavy (non-hydrogen) atoms. The second-order valence-corrected chi connectivity index (χ2v) is 4.83. The summed E-state index contributed by atoms with van der Waals surface area (Å²) in [7, 11) is 0. The summed E-state index contributed by atoms with van der Waals surface area (Å²) in [5.41, 5.74) is 0. The number of nitrogens with one attached hydrogen (secondary N) is 1. The summed E-state index contributed by atoms with van der Waals surface area (Å²) < 4.78 is 0. The predicted octanol–water partition coefficient (Wildman–Crippen LogP) is 2.90. The van der Waals surface area contributed by atoms with Gasteiger partial charge < -0.3 is 5.32 Å². The van der Waals surface area contributed by atoms with E-state index in [4.69, 9.17) is 0 Å². The Balaban J connectivity index is 2.23. The van der Waals surface area contributed by atoms with Crippen molar-refractivity contribution in [2.45, 2.75) is 39.3 Å². The molecule has 1 N–H and O–H groups in total. The first-order valence-electron chi connectivity index (χ1n) is 4.98. The molecule has 0 aliphatic carbocycles. The highest BCUT2D eigenvalue weighted by atomic mass is 32.1. The number of hydrogen-bond acceptors (Lipinski definition) is 3. The van der Waals surface area contributed by atoms with Crippen LogP contribution in [0, 0.1) is 6.92 Å². The van der Waals surface area contributed by atoms with Crippen molar-refractivity contribution in [2.75, 3.05) is 0 Å². The van der Waals surface area contributed by atoms with Crippen molar-refractivity contribution < 1.29 is 0 Å². The lowest BCUT2D eigenvalue weighted by molar-refractivity contribution is 0.517. The number of rotatable bonds is 6. The molecule has 2 nitrogen and oxygen atoms in total. The summed E-state index contributed by atoms with van der Waals surface area (Å²) >= 11 is 1.76. The Kier molecular flexibility index (Phi) is 4.84. The fraction of sp³-hybridized carbons (Fsp3) is 0.545. The smallest absolute Gasteiger partial charge is 0.107 e. The Morgan fingerprint density at radius 3 is 3.07 bits per heavy atom. The maximum absolute atomic E-state index is 4.30. The first kappa shape index (κ1) is 11.4. The average molecular weight is 210 g/mol. The van der Waals surface area contributed by atoms with Crippen molar-refractivity contribution in [1.29, 1.82) is 0 Å². The SMILES string of the molecule is C=CCCC(C)NCc1ncc(C)s1. The third-order valence-corrected chi connectivity index (χ3v) is 2.99. The molecule has 0 aliphatic heterocycles. The largest absolute Gasteiger partial charge is 0.308 e. The molecule has 78 valence electrons. The van der Waals surface area contributed by atoms with Crippen LogP contribution >= 0.6 is 11.3 Å². The Morgan fingerprint density at radius 2 is 2.50 bits per heavy atom. The van der Waals surface area contributed by atoms with Gasteiger partial charge in [0, 0.05) is 23.7 Å². The highest BCUT2D eigenvalue weighted by Crippen LogP contribution is 2.11. The van der Waals surface area contributed by atoms with Crippen LogP contribution in [0.25, 0.3) is 0 Å². The molecule has 0 fully saturated rings. The molecule has 0 amide bonds. The molecule has 3 heteroatoms. The van der Waals surface area contributed by atoms with Gasteiger partial charge >= 0.3 is 0 Å². The molecular weight excluding hydrogens is 192 g/mol. The predicted molar refractivity (Wildman–Crippen MR) is 62.6 cm³/mol. The highest BCUT2D eigenvalue weighted by molar-refractivity contribution is 7.11. The van der Waals surface area contributed by atoms with Gasteiger partial charge in [0.05, 0.1) is 0 Å². The minimum absolute atomic E-state index is 0.539. The van der Waals surface area contributed by atoms with E-state index in [-0.39, 0.29) is 0 Å². The van der Waals surface area contributed by atoms with Crippen LogP contribution in [0.15, 0.2) is 18.9 Å². The number of hydrogen-bond donors (Lipinski definition) is 1. The van der Waals surface area contributed by atoms with Gasteiger partial charge in [-0.15, -0.1) is 17.9 Å². The van der Waals surface area contributed by atoms with E-state index < -0.39 is 0 Å². The van der Waals surface area contributed by atoms with Gasteiger partial charge in [-0.3, -0.25) is 0 Å². The first-order valence-corrected chi connectivity index (χ1v) is 5.79. The van der Waals surface area contributed by atoms with Gasteiger partial charge in [-0.2, -0.15) is 0 Å². The number of nitrogens with zero attached hydrogens (tertiary/aromatic N) is 1. The second kappa shape index (κ2) is 5.94. The molecule has 0 saturated carbocycles. The van der Waals surface area contributed by atoms with Crippen LogP contribution in [0.3, 0.4) is 0 Å². The summed E-state index contributed by atoms with van der Waals surface area (Å²) in [5, 5.41) is 4.62. The first-order chi connectivity index (χ1) is 6.72. The summed E-state index contributed by atoms with van der Waals surface area (Å²) in [6, 6.07) is 0.539. The molecule has 0 aromatic carbocycles. The molecule has 0 radical (unpaired) electrons. The highest BCUT2D eigenvalue weighted by Gasteiger charge is 2.02. The third kappa shape index (κ3) is 4.03. The molecule has 1 rings (SSSR count). The van der Waals surface area contributed by atoms with Crippen LogP contribution in [0.4, 0.5) is 0 Å². The number of aromatic nitrogens is 1. The lowest BCUT2D eigenvalue weighted by Gasteiger charge is -2.10. The van der Waals surface area contributed by atoms with Crippen LogP contribution in [0.1, 0.15) is 29.7 Å². The second-order valence-electron chi connectivity index (χ2n) is 3.51. The molecule has 1 unspecified atom stereocenters. The lowest BCUT2D eigenvalue weighted by Crippen LogP contribution is -2.24. The monoisotopic (exact) mass is 210 g/mol. The molecule has 1 heterocycles. The van der Waals surface area contributed by atoms with E-state index >= 15 is 0 Å². The van der Waals surface area contributed by atoms with E-state index in [1.165, 1.54) is 9.88 Å². The van der Waals surface area contributed by atoms with Crippen LogP contribution in [-0.2, 0) is 6.54 Å². The Bertz CT molecular complexity index is 281. The molecule has 0 aliphatic rings. The van der Waals surface area contributed by atoms with Crippen LogP contribution in [-0.4, -0.2) is 11.0 Å². The maximum atomic E-state index is 4.30. The molecule has 0 bridgehead atoms. The standard InChI is InChI=1S/C11H18N2S/c1-4-5-6-9(2)12-8-11-13-7-10(3)14-11/h4,7,9,12H,1,5-6,8H2,2-3H3. The number of allylic oxidation sites excluding steroid dienone is 1. The van der Waals surface area contributed by atoms with E-state index in [0.29, 0.717) is 6.04 Å². The van der Waals surface area contributed by atoms with Crippen molar-refractivity contribution in [1.82, 2.24) is 10.3 Å². The summed E-state index contributed by atoms with van der Waals surface area (Å²) in [6.45, 7) is 8.89. The molecule has 1 aromatic heterocycles. The van der Waals surface area contributed by atoms with Crippen LogP contribution in [0.2, 0.25) is 0 Å². The van der Waals surface area contributed by atoms with Gasteiger partial charge in [-0.1, -0.05) is 6.08 Å². The van der Waals surface area contributed by atoms with Crippen molar-refractivity contribution in [3.8, 4) is 0 Å². The van der Waals surface area contributed by atoms with Gasteiger partial charge in [0.15, 0.2) is 0 Å². The van der Waals surface area contributed by atoms with E-state index in [2.05, 4.69) is 30.7 Å². The van der Waals surface area contributed by atoms with Gasteiger partial charge in [-0.25, -0.2) is 4.98 Å². The Hall–Kier alpha value is -0.670. The lowest BCUT2D eigenvalue weighted by atomic mass is 10.2. The van der Waals surface area contributed by atoms with E-state index in [1.807, 2.05) is 12.3 Å². The number of aryl methyl sites for hydroxylation is 1. The molecule has 1 aromatic rings. The van der Waals surface area contributed by atoms with Crippen molar-refractivity contribution in [3.63, 3.8) is 0 Å². The minimum atomic E-state index is 0.539. The van der Waals surface area contributed by atoms with Gasteiger partial charge in [-0.05, 0) is 26.7 Å². The molecule has 0 saturated heterocycles. The zero-order valence-corrected chi connectivity index (χ0v) is 9.73. The molecule has 0 spiro atoms. The summed E-state index contributed by atoms with van der Waals surface area (Å²) in [5.74, 6) is 0. The van der Waals surface area contributed by atoms with E-state index in [1.54, 1.807) is 11.3 Å². The Labute approximate surface area is 90.1 Å². The average Bonchev–Trinajstić information content (AvgIpc) is 2.58. The van der Waals surface area contributed by atoms with Crippen molar-refractivity contribution in [3.05, 3.63) is 28.7 Å². The number of thiazole rings is 1. The van der Waals surface area contributed by atoms with Crippen molar-refractivity contribution in [2.24, 2.45) is 0 Å². The van der Waals surface area contributed by atoms with Gasteiger partial charge in [0.25, 0.3) is 0 Å². The normalized spacial score (nSPS) is 12.7. The van der Waals surface area contributed by atoms with E-state index in [0.717, 1.165) is 19.4 Å². The Morgan fingerprint density at radius 1 is 1.71 bits per heavy atom. The fourth-order valence-corrected chi connectivity index (χ4v) is 1.95. The zero-order chi connectivity index (χ0) is 10.4.